The Hall–Kier alpha value is -3.65. The molecule has 0 saturated heterocycles. The Morgan fingerprint density at radius 3 is 1.73 bits per heavy atom. The van der Waals surface area contributed by atoms with Crippen molar-refractivity contribution >= 4 is 11.9 Å². The number of unbranched alkanes of at least 4 members (excludes halogenated alkanes) is 10. The van der Waals surface area contributed by atoms with Crippen LogP contribution in [0, 0.1) is 0 Å². The van der Waals surface area contributed by atoms with Crippen molar-refractivity contribution in [1.82, 2.24) is 0 Å². The number of carbonyl (C=O) groups is 2. The second kappa shape index (κ2) is 21.3. The fourth-order valence-corrected chi connectivity index (χ4v) is 5.47. The first-order valence-corrected chi connectivity index (χ1v) is 17.6. The van der Waals surface area contributed by atoms with E-state index in [9.17, 15) is 22.8 Å². The molecule has 5 nitrogen and oxygen atoms in total. The normalized spacial score (nSPS) is 12.1. The number of carbonyl (C=O) groups excluding carboxylic acids is 2. The molecule has 3 aromatic rings. The van der Waals surface area contributed by atoms with Gasteiger partial charge in [-0.05, 0) is 92.1 Å². The number of esters is 2. The highest BCUT2D eigenvalue weighted by atomic mass is 19.4. The number of aryl methyl sites for hydroxylation is 1. The van der Waals surface area contributed by atoms with Crippen molar-refractivity contribution < 1.29 is 37.0 Å². The van der Waals surface area contributed by atoms with Crippen LogP contribution in [0.2, 0.25) is 0 Å². The molecule has 0 radical (unpaired) electrons. The van der Waals surface area contributed by atoms with E-state index in [0.717, 1.165) is 17.5 Å². The van der Waals surface area contributed by atoms with Crippen molar-refractivity contribution in [2.75, 3.05) is 13.2 Å². The zero-order valence-corrected chi connectivity index (χ0v) is 28.5. The van der Waals surface area contributed by atoms with E-state index in [1.165, 1.54) is 87.6 Å². The average Bonchev–Trinajstić information content (AvgIpc) is 3.08. The van der Waals surface area contributed by atoms with Gasteiger partial charge in [-0.1, -0.05) is 101 Å². The van der Waals surface area contributed by atoms with Crippen LogP contribution in [0.5, 0.6) is 5.75 Å². The molecule has 8 heteroatoms. The number of hydrogen-bond donors (Lipinski definition) is 0. The molecule has 0 aromatic heterocycles. The molecule has 0 spiro atoms. The van der Waals surface area contributed by atoms with Crippen LogP contribution in [0.3, 0.4) is 0 Å². The van der Waals surface area contributed by atoms with Crippen LogP contribution in [-0.2, 0) is 15.9 Å². The molecule has 0 bridgehead atoms. The molecule has 0 aliphatic rings. The van der Waals surface area contributed by atoms with Gasteiger partial charge in [-0.15, -0.1) is 0 Å². The molecule has 48 heavy (non-hydrogen) atoms. The number of halogens is 3. The number of benzene rings is 3. The smallest absolute Gasteiger partial charge is 0.425 e. The van der Waals surface area contributed by atoms with E-state index in [2.05, 4.69) is 31.2 Å². The van der Waals surface area contributed by atoms with E-state index in [0.29, 0.717) is 31.6 Å². The van der Waals surface area contributed by atoms with Gasteiger partial charge in [0.25, 0.3) is 0 Å². The van der Waals surface area contributed by atoms with Crippen molar-refractivity contribution in [3.63, 3.8) is 0 Å². The van der Waals surface area contributed by atoms with Gasteiger partial charge in [-0.3, -0.25) is 0 Å². The molecule has 0 heterocycles. The maximum absolute atomic E-state index is 13.5. The lowest BCUT2D eigenvalue weighted by Gasteiger charge is -2.20. The van der Waals surface area contributed by atoms with Gasteiger partial charge in [-0.25, -0.2) is 9.59 Å². The first-order valence-electron chi connectivity index (χ1n) is 17.6. The quantitative estimate of drug-likeness (QED) is 0.0606. The van der Waals surface area contributed by atoms with Gasteiger partial charge in [0.2, 0.25) is 0 Å². The maximum Gasteiger partial charge on any atom is 0.425 e. The second-order valence-corrected chi connectivity index (χ2v) is 12.2. The summed E-state index contributed by atoms with van der Waals surface area (Å²) < 4.78 is 55.9. The summed E-state index contributed by atoms with van der Waals surface area (Å²) in [7, 11) is 0. The Labute approximate surface area is 284 Å². The highest BCUT2D eigenvalue weighted by molar-refractivity contribution is 5.92. The van der Waals surface area contributed by atoms with Crippen molar-refractivity contribution in [2.45, 2.75) is 116 Å². The largest absolute Gasteiger partial charge is 0.449 e. The van der Waals surface area contributed by atoms with Crippen LogP contribution < -0.4 is 4.74 Å². The van der Waals surface area contributed by atoms with Crippen molar-refractivity contribution in [3.8, 4) is 16.9 Å². The summed E-state index contributed by atoms with van der Waals surface area (Å²) in [5.74, 6) is -1.52. The van der Waals surface area contributed by atoms with Gasteiger partial charge >= 0.3 is 18.1 Å². The minimum absolute atomic E-state index is 0.0658. The first-order chi connectivity index (χ1) is 23.2. The second-order valence-electron chi connectivity index (χ2n) is 12.2. The van der Waals surface area contributed by atoms with Crippen LogP contribution in [0.4, 0.5) is 13.2 Å². The first kappa shape index (κ1) is 38.8. The lowest BCUT2D eigenvalue weighted by Crippen LogP contribution is -2.33. The monoisotopic (exact) mass is 668 g/mol. The SMILES string of the molecule is CCCCCCCCCCCc1ccc(-c2ccc(C(=O)Oc3ccc(C(=O)O[C@H](CCCCCOCC)C(F)(F)F)cc3)cc2)cc1. The Balaban J connectivity index is 1.44. The molecule has 0 aliphatic carbocycles. The standard InChI is InChI=1S/C40H51F3O5/c1-3-5-6-7-8-9-10-11-13-16-31-18-20-32(21-19-31)33-22-24-34(25-23-33)38(44)47-36-28-26-35(27-29-36)39(45)48-37(40(41,42)43)17-14-12-15-30-46-4-2/h18-29,37H,3-17,30H2,1-2H3/t37-/m1/s1. The molecule has 0 aliphatic heterocycles. The Kier molecular flexibility index (Phi) is 17.3. The fourth-order valence-electron chi connectivity index (χ4n) is 5.47. The van der Waals surface area contributed by atoms with Crippen molar-refractivity contribution in [1.29, 1.82) is 0 Å². The van der Waals surface area contributed by atoms with Gasteiger partial charge in [0.15, 0.2) is 6.10 Å². The van der Waals surface area contributed by atoms with E-state index in [-0.39, 0.29) is 24.2 Å². The van der Waals surface area contributed by atoms with Gasteiger partial charge in [0.1, 0.15) is 5.75 Å². The Morgan fingerprint density at radius 2 is 1.15 bits per heavy atom. The van der Waals surface area contributed by atoms with E-state index in [4.69, 9.17) is 14.2 Å². The van der Waals surface area contributed by atoms with Crippen LogP contribution in [0.25, 0.3) is 11.1 Å². The summed E-state index contributed by atoms with van der Waals surface area (Å²) in [6.07, 6.45) is 7.16. The van der Waals surface area contributed by atoms with Gasteiger partial charge in [0, 0.05) is 13.2 Å². The lowest BCUT2D eigenvalue weighted by atomic mass is 10.00. The van der Waals surface area contributed by atoms with Crippen LogP contribution in [0.15, 0.2) is 72.8 Å². The van der Waals surface area contributed by atoms with Crippen molar-refractivity contribution in [2.24, 2.45) is 0 Å². The third-order valence-electron chi connectivity index (χ3n) is 8.35. The van der Waals surface area contributed by atoms with Crippen molar-refractivity contribution in [3.05, 3.63) is 89.5 Å². The Morgan fingerprint density at radius 1 is 0.625 bits per heavy atom. The molecule has 0 unspecified atom stereocenters. The number of rotatable bonds is 22. The van der Waals surface area contributed by atoms with E-state index in [1.807, 2.05) is 19.1 Å². The van der Waals surface area contributed by atoms with Crippen LogP contribution >= 0.6 is 0 Å². The molecule has 0 fully saturated rings. The van der Waals surface area contributed by atoms with Gasteiger partial charge in [-0.2, -0.15) is 13.2 Å². The zero-order valence-electron chi connectivity index (χ0n) is 28.5. The maximum atomic E-state index is 13.5. The summed E-state index contributed by atoms with van der Waals surface area (Å²) >= 11 is 0. The van der Waals surface area contributed by atoms with Crippen LogP contribution in [0.1, 0.15) is 124 Å². The molecule has 0 N–H and O–H groups in total. The molecule has 262 valence electrons. The molecular weight excluding hydrogens is 617 g/mol. The molecule has 3 aromatic carbocycles. The fraction of sp³-hybridized carbons (Fsp3) is 0.500. The molecule has 0 saturated carbocycles. The average molecular weight is 669 g/mol. The molecule has 0 amide bonds. The number of alkyl halides is 3. The van der Waals surface area contributed by atoms with E-state index in [1.54, 1.807) is 12.1 Å². The zero-order chi connectivity index (χ0) is 34.6. The van der Waals surface area contributed by atoms with Gasteiger partial charge < -0.3 is 14.2 Å². The van der Waals surface area contributed by atoms with E-state index >= 15 is 0 Å². The lowest BCUT2D eigenvalue weighted by molar-refractivity contribution is -0.206. The predicted molar refractivity (Wildman–Crippen MR) is 184 cm³/mol. The summed E-state index contributed by atoms with van der Waals surface area (Å²) in [5.41, 5.74) is 3.64. The summed E-state index contributed by atoms with van der Waals surface area (Å²) in [4.78, 5) is 25.2. The number of hydrogen-bond acceptors (Lipinski definition) is 5. The summed E-state index contributed by atoms with van der Waals surface area (Å²) in [5, 5.41) is 0. The summed E-state index contributed by atoms with van der Waals surface area (Å²) in [6.45, 7) is 5.15. The molecule has 3 rings (SSSR count). The third kappa shape index (κ3) is 14.2. The highest BCUT2D eigenvalue weighted by Gasteiger charge is 2.42. The Bertz CT molecular complexity index is 1340. The number of ether oxygens (including phenoxy) is 3. The molecular formula is C40H51F3O5. The predicted octanol–water partition coefficient (Wildman–Crippen LogP) is 11.3. The molecule has 1 atom stereocenters. The minimum atomic E-state index is -4.67. The van der Waals surface area contributed by atoms with E-state index < -0.39 is 24.2 Å². The van der Waals surface area contributed by atoms with Gasteiger partial charge in [0.05, 0.1) is 11.1 Å². The highest BCUT2D eigenvalue weighted by Crippen LogP contribution is 2.28. The third-order valence-corrected chi connectivity index (χ3v) is 8.35. The van der Waals surface area contributed by atoms with Crippen LogP contribution in [-0.4, -0.2) is 37.4 Å². The minimum Gasteiger partial charge on any atom is -0.449 e. The summed E-state index contributed by atoms with van der Waals surface area (Å²) in [6, 6.07) is 20.9. The topological polar surface area (TPSA) is 61.8 Å².